The number of anilines is 1. The number of nitrogens with one attached hydrogen (secondary N) is 3. The van der Waals surface area contributed by atoms with Crippen molar-refractivity contribution in [3.63, 3.8) is 0 Å². The van der Waals surface area contributed by atoms with Crippen molar-refractivity contribution >= 4 is 28.9 Å². The molecule has 3 N–H and O–H groups in total. The van der Waals surface area contributed by atoms with E-state index in [4.69, 9.17) is 4.74 Å². The van der Waals surface area contributed by atoms with E-state index in [2.05, 4.69) is 20.6 Å². The molecule has 2 aromatic carbocycles. The maximum atomic E-state index is 12.0. The van der Waals surface area contributed by atoms with Gasteiger partial charge in [0.15, 0.2) is 5.82 Å². The SMILES string of the molecule is O=C(NC1=CNc2ccccc2C=N1)Oc1cc2ccccc2[nH]1. The van der Waals surface area contributed by atoms with E-state index >= 15 is 0 Å². The van der Waals surface area contributed by atoms with Gasteiger partial charge in [-0.1, -0.05) is 36.4 Å². The summed E-state index contributed by atoms with van der Waals surface area (Å²) in [5.41, 5.74) is 2.76. The lowest BCUT2D eigenvalue weighted by Gasteiger charge is -2.05. The van der Waals surface area contributed by atoms with Crippen LogP contribution in [0, 0.1) is 0 Å². The number of rotatable bonds is 2. The van der Waals surface area contributed by atoms with E-state index in [1.807, 2.05) is 48.5 Å². The monoisotopic (exact) mass is 318 g/mol. The summed E-state index contributed by atoms with van der Waals surface area (Å²) < 4.78 is 5.27. The Labute approximate surface area is 137 Å². The first-order valence-corrected chi connectivity index (χ1v) is 7.44. The molecule has 0 atom stereocenters. The van der Waals surface area contributed by atoms with Gasteiger partial charge in [-0.3, -0.25) is 5.32 Å². The summed E-state index contributed by atoms with van der Waals surface area (Å²) in [4.78, 5) is 19.3. The van der Waals surface area contributed by atoms with Gasteiger partial charge in [-0.05, 0) is 12.1 Å². The van der Waals surface area contributed by atoms with Gasteiger partial charge in [0, 0.05) is 40.6 Å². The lowest BCUT2D eigenvalue weighted by Crippen LogP contribution is -2.26. The lowest BCUT2D eigenvalue weighted by molar-refractivity contribution is 0.202. The van der Waals surface area contributed by atoms with Gasteiger partial charge >= 0.3 is 6.09 Å². The molecule has 1 amide bonds. The number of hydrogen-bond acceptors (Lipinski definition) is 4. The Morgan fingerprint density at radius 2 is 1.92 bits per heavy atom. The van der Waals surface area contributed by atoms with Crippen LogP contribution in [0.2, 0.25) is 0 Å². The van der Waals surface area contributed by atoms with E-state index in [0.717, 1.165) is 22.2 Å². The van der Waals surface area contributed by atoms with Crippen LogP contribution in [0.3, 0.4) is 0 Å². The fraction of sp³-hybridized carbons (Fsp3) is 0. The maximum Gasteiger partial charge on any atom is 0.419 e. The summed E-state index contributed by atoms with van der Waals surface area (Å²) in [5, 5.41) is 6.68. The Balaban J connectivity index is 1.45. The molecule has 2 heterocycles. The zero-order chi connectivity index (χ0) is 16.4. The number of fused-ring (bicyclic) bond motifs is 2. The van der Waals surface area contributed by atoms with Crippen molar-refractivity contribution in [3.8, 4) is 5.88 Å². The number of aliphatic imine (C=N–C) groups is 1. The van der Waals surface area contributed by atoms with Gasteiger partial charge in [0.1, 0.15) is 0 Å². The van der Waals surface area contributed by atoms with Crippen LogP contribution < -0.4 is 15.4 Å². The average molecular weight is 318 g/mol. The van der Waals surface area contributed by atoms with Crippen molar-refractivity contribution in [2.24, 2.45) is 4.99 Å². The van der Waals surface area contributed by atoms with Gasteiger partial charge in [0.05, 0.1) is 0 Å². The fourth-order valence-electron chi connectivity index (χ4n) is 2.46. The molecule has 0 saturated heterocycles. The minimum absolute atomic E-state index is 0.368. The van der Waals surface area contributed by atoms with E-state index in [-0.39, 0.29) is 0 Å². The number of aromatic nitrogens is 1. The molecular formula is C18H14N4O2. The molecule has 6 heteroatoms. The summed E-state index contributed by atoms with van der Waals surface area (Å²) in [6, 6.07) is 17.2. The Morgan fingerprint density at radius 3 is 2.83 bits per heavy atom. The van der Waals surface area contributed by atoms with Crippen LogP contribution in [0.1, 0.15) is 5.56 Å². The van der Waals surface area contributed by atoms with Gasteiger partial charge < -0.3 is 15.0 Å². The van der Waals surface area contributed by atoms with E-state index < -0.39 is 6.09 Å². The van der Waals surface area contributed by atoms with E-state index in [1.165, 1.54) is 0 Å². The summed E-state index contributed by atoms with van der Waals surface area (Å²) in [6.45, 7) is 0. The predicted octanol–water partition coefficient (Wildman–Crippen LogP) is 3.60. The highest BCUT2D eigenvalue weighted by atomic mass is 16.6. The van der Waals surface area contributed by atoms with E-state index in [1.54, 1.807) is 18.5 Å². The molecule has 1 aliphatic rings. The number of ether oxygens (including phenoxy) is 1. The zero-order valence-corrected chi connectivity index (χ0v) is 12.6. The number of benzene rings is 2. The highest BCUT2D eigenvalue weighted by molar-refractivity contribution is 5.90. The highest BCUT2D eigenvalue weighted by Gasteiger charge is 2.10. The van der Waals surface area contributed by atoms with E-state index in [0.29, 0.717) is 11.7 Å². The zero-order valence-electron chi connectivity index (χ0n) is 12.6. The summed E-state index contributed by atoms with van der Waals surface area (Å²) in [7, 11) is 0. The molecule has 1 aromatic heterocycles. The third-order valence-electron chi connectivity index (χ3n) is 3.61. The van der Waals surface area contributed by atoms with Crippen molar-refractivity contribution < 1.29 is 9.53 Å². The Morgan fingerprint density at radius 1 is 1.08 bits per heavy atom. The third kappa shape index (κ3) is 2.85. The second-order valence-electron chi connectivity index (χ2n) is 5.25. The molecule has 0 bridgehead atoms. The molecule has 24 heavy (non-hydrogen) atoms. The van der Waals surface area contributed by atoms with Crippen LogP contribution in [0.4, 0.5) is 10.5 Å². The van der Waals surface area contributed by atoms with Crippen LogP contribution in [0.15, 0.2) is 71.6 Å². The van der Waals surface area contributed by atoms with E-state index in [9.17, 15) is 4.79 Å². The van der Waals surface area contributed by atoms with Crippen LogP contribution >= 0.6 is 0 Å². The largest absolute Gasteiger partial charge is 0.419 e. The lowest BCUT2D eigenvalue weighted by atomic mass is 10.2. The predicted molar refractivity (Wildman–Crippen MR) is 93.2 cm³/mol. The molecule has 0 saturated carbocycles. The summed E-state index contributed by atoms with van der Waals surface area (Å²) in [6.07, 6.45) is 2.69. The number of hydrogen-bond donors (Lipinski definition) is 3. The molecule has 0 aliphatic carbocycles. The number of carbonyl (C=O) groups excluding carboxylic acids is 1. The standard InChI is InChI=1S/C18H14N4O2/c23-18(24-17-9-12-5-1-4-8-15(12)21-17)22-16-11-19-14-7-3-2-6-13(14)10-20-16/h1-11,19,21H,(H,22,23). The van der Waals surface area contributed by atoms with Gasteiger partial charge in [-0.25, -0.2) is 9.79 Å². The van der Waals surface area contributed by atoms with Gasteiger partial charge in [-0.15, -0.1) is 0 Å². The van der Waals surface area contributed by atoms with Gasteiger partial charge in [-0.2, -0.15) is 0 Å². The maximum absolute atomic E-state index is 12.0. The van der Waals surface area contributed by atoms with Crippen LogP contribution in [0.25, 0.3) is 10.9 Å². The number of amides is 1. The fourth-order valence-corrected chi connectivity index (χ4v) is 2.46. The molecule has 3 aromatic rings. The molecule has 6 nitrogen and oxygen atoms in total. The van der Waals surface area contributed by atoms with Crippen molar-refractivity contribution in [2.75, 3.05) is 5.32 Å². The molecule has 0 unspecified atom stereocenters. The van der Waals surface area contributed by atoms with Crippen molar-refractivity contribution in [3.05, 3.63) is 72.2 Å². The molecule has 1 aliphatic heterocycles. The average Bonchev–Trinajstić information content (AvgIpc) is 2.88. The third-order valence-corrected chi connectivity index (χ3v) is 3.61. The minimum atomic E-state index is -0.613. The Kier molecular flexibility index (Phi) is 3.47. The number of aromatic amines is 1. The highest BCUT2D eigenvalue weighted by Crippen LogP contribution is 2.20. The second-order valence-corrected chi connectivity index (χ2v) is 5.25. The molecule has 0 fully saturated rings. The molecule has 0 spiro atoms. The second kappa shape index (κ2) is 5.92. The number of carbonyl (C=O) groups is 1. The number of H-pyrrole nitrogens is 1. The Hall–Kier alpha value is -3.54. The first-order chi connectivity index (χ1) is 11.8. The molecule has 118 valence electrons. The molecular weight excluding hydrogens is 304 g/mol. The Bertz CT molecular complexity index is 939. The first-order valence-electron chi connectivity index (χ1n) is 7.44. The number of para-hydroxylation sites is 2. The minimum Gasteiger partial charge on any atom is -0.393 e. The summed E-state index contributed by atoms with van der Waals surface area (Å²) >= 11 is 0. The molecule has 4 rings (SSSR count). The van der Waals surface area contributed by atoms with Crippen LogP contribution in [-0.4, -0.2) is 17.3 Å². The van der Waals surface area contributed by atoms with Gasteiger partial charge in [0.2, 0.25) is 5.88 Å². The van der Waals surface area contributed by atoms with Crippen molar-refractivity contribution in [2.45, 2.75) is 0 Å². The normalized spacial score (nSPS) is 12.8. The smallest absolute Gasteiger partial charge is 0.393 e. The topological polar surface area (TPSA) is 78.5 Å². The number of nitrogens with zero attached hydrogens (tertiary/aromatic N) is 1. The molecule has 0 radical (unpaired) electrons. The quantitative estimate of drug-likeness (QED) is 0.675. The van der Waals surface area contributed by atoms with Crippen molar-refractivity contribution in [1.82, 2.24) is 10.3 Å². The summed E-state index contributed by atoms with van der Waals surface area (Å²) in [5.74, 6) is 0.746. The van der Waals surface area contributed by atoms with Crippen LogP contribution in [0.5, 0.6) is 5.88 Å². The van der Waals surface area contributed by atoms with Crippen molar-refractivity contribution in [1.29, 1.82) is 0 Å². The van der Waals surface area contributed by atoms with Crippen LogP contribution in [-0.2, 0) is 0 Å². The van der Waals surface area contributed by atoms with Gasteiger partial charge in [0.25, 0.3) is 0 Å². The first kappa shape index (κ1) is 14.1.